The van der Waals surface area contributed by atoms with Crippen molar-refractivity contribution in [3.8, 4) is 0 Å². The van der Waals surface area contributed by atoms with Gasteiger partial charge in [-0.3, -0.25) is 0 Å². The first-order valence-electron chi connectivity index (χ1n) is 5.17. The fourth-order valence-electron chi connectivity index (χ4n) is 1.47. The second-order valence-electron chi connectivity index (χ2n) is 3.85. The van der Waals surface area contributed by atoms with Crippen LogP contribution in [0.4, 0.5) is 5.82 Å². The van der Waals surface area contributed by atoms with Gasteiger partial charge in [-0.25, -0.2) is 4.98 Å². The zero-order chi connectivity index (χ0) is 10.7. The maximum Gasteiger partial charge on any atom is 0.224 e. The fourth-order valence-corrected chi connectivity index (χ4v) is 1.76. The van der Waals surface area contributed by atoms with E-state index >= 15 is 0 Å². The maximum absolute atomic E-state index is 5.90. The summed E-state index contributed by atoms with van der Waals surface area (Å²) < 4.78 is 0. The molecule has 0 spiro atoms. The molecule has 3 nitrogen and oxygen atoms in total. The third kappa shape index (κ3) is 3.50. The van der Waals surface area contributed by atoms with Gasteiger partial charge in [0.1, 0.15) is 10.8 Å². The lowest BCUT2D eigenvalue weighted by Gasteiger charge is -2.06. The Labute approximate surface area is 99.2 Å². The van der Waals surface area contributed by atoms with Gasteiger partial charge < -0.3 is 5.32 Å². The summed E-state index contributed by atoms with van der Waals surface area (Å²) in [6.45, 7) is 0.892. The molecule has 0 atom stereocenters. The lowest BCUT2D eigenvalue weighted by Crippen LogP contribution is -2.04. The summed E-state index contributed by atoms with van der Waals surface area (Å²) in [5, 5.41) is 3.91. The normalized spacial score (nSPS) is 15.3. The van der Waals surface area contributed by atoms with Crippen LogP contribution in [0.1, 0.15) is 25.7 Å². The minimum atomic E-state index is 0.226. The summed E-state index contributed by atoms with van der Waals surface area (Å²) in [7, 11) is 0. The standard InChI is InChI=1S/C10H13Cl2N3/c11-8-6-14-10(12)15-9(8)13-5-1-2-7-3-4-7/h6-7H,1-5H2,(H,13,14,15). The Morgan fingerprint density at radius 1 is 1.40 bits per heavy atom. The summed E-state index contributed by atoms with van der Waals surface area (Å²) >= 11 is 11.6. The van der Waals surface area contributed by atoms with Crippen molar-refractivity contribution >= 4 is 29.0 Å². The van der Waals surface area contributed by atoms with Crippen molar-refractivity contribution in [1.82, 2.24) is 9.97 Å². The topological polar surface area (TPSA) is 37.8 Å². The van der Waals surface area contributed by atoms with Crippen molar-refractivity contribution in [2.75, 3.05) is 11.9 Å². The molecule has 1 heterocycles. The van der Waals surface area contributed by atoms with Gasteiger partial charge in [0.05, 0.1) is 6.20 Å². The van der Waals surface area contributed by atoms with Crippen LogP contribution in [0.3, 0.4) is 0 Å². The molecule has 0 unspecified atom stereocenters. The first-order valence-corrected chi connectivity index (χ1v) is 5.93. The molecule has 1 aliphatic rings. The van der Waals surface area contributed by atoms with Gasteiger partial charge in [-0.05, 0) is 30.4 Å². The zero-order valence-corrected chi connectivity index (χ0v) is 9.85. The van der Waals surface area contributed by atoms with Gasteiger partial charge in [0.2, 0.25) is 5.28 Å². The highest BCUT2D eigenvalue weighted by Crippen LogP contribution is 2.33. The Kier molecular flexibility index (Phi) is 3.65. The number of hydrogen-bond acceptors (Lipinski definition) is 3. The van der Waals surface area contributed by atoms with Crippen LogP contribution in [0.5, 0.6) is 0 Å². The molecule has 0 saturated heterocycles. The first kappa shape index (κ1) is 11.0. The minimum absolute atomic E-state index is 0.226. The second-order valence-corrected chi connectivity index (χ2v) is 4.59. The number of rotatable bonds is 5. The molecule has 0 aromatic carbocycles. The molecule has 1 saturated carbocycles. The summed E-state index contributed by atoms with van der Waals surface area (Å²) in [5.41, 5.74) is 0. The van der Waals surface area contributed by atoms with E-state index in [1.54, 1.807) is 0 Å². The molecule has 5 heteroatoms. The highest BCUT2D eigenvalue weighted by Gasteiger charge is 2.19. The quantitative estimate of drug-likeness (QED) is 0.639. The van der Waals surface area contributed by atoms with E-state index in [1.165, 1.54) is 25.5 Å². The summed E-state index contributed by atoms with van der Waals surface area (Å²) in [6.07, 6.45) is 6.77. The summed E-state index contributed by atoms with van der Waals surface area (Å²) in [5.74, 6) is 1.60. The lowest BCUT2D eigenvalue weighted by molar-refractivity contribution is 0.686. The molecule has 1 fully saturated rings. The molecule has 1 N–H and O–H groups in total. The molecule has 0 amide bonds. The van der Waals surface area contributed by atoms with Crippen molar-refractivity contribution in [2.24, 2.45) is 5.92 Å². The number of halogens is 2. The Balaban J connectivity index is 1.78. The van der Waals surface area contributed by atoms with Gasteiger partial charge in [-0.2, -0.15) is 4.98 Å². The van der Waals surface area contributed by atoms with Crippen LogP contribution in [-0.2, 0) is 0 Å². The van der Waals surface area contributed by atoms with Crippen molar-refractivity contribution in [1.29, 1.82) is 0 Å². The molecule has 0 bridgehead atoms. The van der Waals surface area contributed by atoms with Gasteiger partial charge in [-0.1, -0.05) is 24.4 Å². The predicted octanol–water partition coefficient (Wildman–Crippen LogP) is 3.39. The van der Waals surface area contributed by atoms with Gasteiger partial charge in [0.25, 0.3) is 0 Å². The molecule has 82 valence electrons. The smallest absolute Gasteiger partial charge is 0.224 e. The highest BCUT2D eigenvalue weighted by atomic mass is 35.5. The Morgan fingerprint density at radius 2 is 2.20 bits per heavy atom. The number of anilines is 1. The Morgan fingerprint density at radius 3 is 2.93 bits per heavy atom. The third-order valence-electron chi connectivity index (χ3n) is 2.49. The second kappa shape index (κ2) is 4.99. The van der Waals surface area contributed by atoms with Crippen LogP contribution in [0.15, 0.2) is 6.20 Å². The summed E-state index contributed by atoms with van der Waals surface area (Å²) in [4.78, 5) is 7.80. The number of hydrogen-bond donors (Lipinski definition) is 1. The third-order valence-corrected chi connectivity index (χ3v) is 2.95. The first-order chi connectivity index (χ1) is 7.25. The molecular weight excluding hydrogens is 233 g/mol. The Hall–Kier alpha value is -0.540. The molecule has 0 radical (unpaired) electrons. The predicted molar refractivity (Wildman–Crippen MR) is 62.5 cm³/mol. The van der Waals surface area contributed by atoms with Gasteiger partial charge in [0, 0.05) is 6.54 Å². The minimum Gasteiger partial charge on any atom is -0.369 e. The van der Waals surface area contributed by atoms with E-state index in [-0.39, 0.29) is 5.28 Å². The molecule has 1 aromatic heterocycles. The van der Waals surface area contributed by atoms with E-state index in [9.17, 15) is 0 Å². The largest absolute Gasteiger partial charge is 0.369 e. The number of nitrogens with one attached hydrogen (secondary N) is 1. The molecule has 1 aliphatic carbocycles. The van der Waals surface area contributed by atoms with Crippen LogP contribution in [-0.4, -0.2) is 16.5 Å². The molecule has 0 aliphatic heterocycles. The average molecular weight is 246 g/mol. The van der Waals surface area contributed by atoms with Crippen LogP contribution in [0.25, 0.3) is 0 Å². The van der Waals surface area contributed by atoms with E-state index < -0.39 is 0 Å². The average Bonchev–Trinajstić information content (AvgIpc) is 3.01. The van der Waals surface area contributed by atoms with Crippen molar-refractivity contribution < 1.29 is 0 Å². The molecule has 15 heavy (non-hydrogen) atoms. The van der Waals surface area contributed by atoms with Crippen molar-refractivity contribution in [3.05, 3.63) is 16.5 Å². The fraction of sp³-hybridized carbons (Fsp3) is 0.600. The van der Waals surface area contributed by atoms with Crippen LogP contribution < -0.4 is 5.32 Å². The van der Waals surface area contributed by atoms with Crippen molar-refractivity contribution in [3.63, 3.8) is 0 Å². The summed E-state index contributed by atoms with van der Waals surface area (Å²) in [6, 6.07) is 0. The Bertz CT molecular complexity index is 339. The van der Waals surface area contributed by atoms with E-state index in [0.717, 1.165) is 18.9 Å². The van der Waals surface area contributed by atoms with Crippen LogP contribution in [0, 0.1) is 5.92 Å². The van der Waals surface area contributed by atoms with E-state index in [2.05, 4.69) is 15.3 Å². The lowest BCUT2D eigenvalue weighted by atomic mass is 10.2. The van der Waals surface area contributed by atoms with Crippen LogP contribution in [0.2, 0.25) is 10.3 Å². The molecule has 1 aromatic rings. The van der Waals surface area contributed by atoms with E-state index in [0.29, 0.717) is 10.8 Å². The zero-order valence-electron chi connectivity index (χ0n) is 8.34. The van der Waals surface area contributed by atoms with Crippen LogP contribution >= 0.6 is 23.2 Å². The molecule has 2 rings (SSSR count). The van der Waals surface area contributed by atoms with Crippen molar-refractivity contribution in [2.45, 2.75) is 25.7 Å². The van der Waals surface area contributed by atoms with Gasteiger partial charge in [0.15, 0.2) is 0 Å². The van der Waals surface area contributed by atoms with Gasteiger partial charge in [-0.15, -0.1) is 0 Å². The van der Waals surface area contributed by atoms with E-state index in [1.807, 2.05) is 0 Å². The number of nitrogens with zero attached hydrogens (tertiary/aromatic N) is 2. The maximum atomic E-state index is 5.90. The highest BCUT2D eigenvalue weighted by molar-refractivity contribution is 6.33. The number of aromatic nitrogens is 2. The van der Waals surface area contributed by atoms with Gasteiger partial charge >= 0.3 is 0 Å². The van der Waals surface area contributed by atoms with E-state index in [4.69, 9.17) is 23.2 Å². The monoisotopic (exact) mass is 245 g/mol. The SMILES string of the molecule is Clc1ncc(Cl)c(NCCCC2CC2)n1. The molecular formula is C10H13Cl2N3.